The van der Waals surface area contributed by atoms with Crippen LogP contribution in [-0.4, -0.2) is 62.2 Å². The Labute approximate surface area is 121 Å². The largest absolute Gasteiger partial charge is 0.492 e. The van der Waals surface area contributed by atoms with Gasteiger partial charge in [0.15, 0.2) is 0 Å². The Morgan fingerprint density at radius 2 is 1.74 bits per heavy atom. The summed E-state index contributed by atoms with van der Waals surface area (Å²) < 4.78 is 5.68. The standard InChI is InChI=1S/C14H23N3OS/c1-16(2)8-9-17(3)10-11-18-13-6-4-12(5-7-13)14(15)19/h4-7H,8-11H2,1-3H3,(H2,15,19). The van der Waals surface area contributed by atoms with E-state index in [1.807, 2.05) is 24.3 Å². The van der Waals surface area contributed by atoms with Crippen LogP contribution in [0.15, 0.2) is 24.3 Å². The molecule has 0 aliphatic rings. The van der Waals surface area contributed by atoms with Gasteiger partial charge >= 0.3 is 0 Å². The van der Waals surface area contributed by atoms with Crippen LogP contribution >= 0.6 is 12.2 Å². The summed E-state index contributed by atoms with van der Waals surface area (Å²) in [6, 6.07) is 7.56. The van der Waals surface area contributed by atoms with E-state index in [0.29, 0.717) is 11.6 Å². The van der Waals surface area contributed by atoms with Gasteiger partial charge in [-0.3, -0.25) is 0 Å². The van der Waals surface area contributed by atoms with Gasteiger partial charge in [0.2, 0.25) is 0 Å². The first-order valence-electron chi connectivity index (χ1n) is 6.35. The van der Waals surface area contributed by atoms with Crippen molar-refractivity contribution >= 4 is 17.2 Å². The van der Waals surface area contributed by atoms with E-state index in [0.717, 1.165) is 30.9 Å². The second-order valence-electron chi connectivity index (χ2n) is 4.84. The highest BCUT2D eigenvalue weighted by molar-refractivity contribution is 7.80. The summed E-state index contributed by atoms with van der Waals surface area (Å²) >= 11 is 4.90. The van der Waals surface area contributed by atoms with Gasteiger partial charge in [0.25, 0.3) is 0 Å². The van der Waals surface area contributed by atoms with E-state index in [-0.39, 0.29) is 0 Å². The lowest BCUT2D eigenvalue weighted by molar-refractivity contribution is 0.222. The zero-order valence-electron chi connectivity index (χ0n) is 11.9. The van der Waals surface area contributed by atoms with Gasteiger partial charge in [0.1, 0.15) is 17.3 Å². The van der Waals surface area contributed by atoms with Gasteiger partial charge in [-0.1, -0.05) is 12.2 Å². The van der Waals surface area contributed by atoms with Gasteiger partial charge in [-0.25, -0.2) is 0 Å². The minimum Gasteiger partial charge on any atom is -0.492 e. The van der Waals surface area contributed by atoms with Crippen molar-refractivity contribution in [2.75, 3.05) is 47.4 Å². The smallest absolute Gasteiger partial charge is 0.119 e. The average molecular weight is 281 g/mol. The fraction of sp³-hybridized carbons (Fsp3) is 0.500. The molecule has 0 atom stereocenters. The monoisotopic (exact) mass is 281 g/mol. The van der Waals surface area contributed by atoms with Crippen molar-refractivity contribution in [3.8, 4) is 5.75 Å². The molecule has 5 heteroatoms. The molecule has 1 rings (SSSR count). The van der Waals surface area contributed by atoms with Crippen LogP contribution in [0.4, 0.5) is 0 Å². The number of benzene rings is 1. The SMILES string of the molecule is CN(C)CCN(C)CCOc1ccc(C(N)=S)cc1. The molecule has 0 unspecified atom stereocenters. The Morgan fingerprint density at radius 1 is 1.11 bits per heavy atom. The van der Waals surface area contributed by atoms with Crippen LogP contribution in [0.3, 0.4) is 0 Å². The van der Waals surface area contributed by atoms with E-state index in [1.54, 1.807) is 0 Å². The van der Waals surface area contributed by atoms with Crippen molar-refractivity contribution in [1.82, 2.24) is 9.80 Å². The van der Waals surface area contributed by atoms with Gasteiger partial charge in [0.05, 0.1) is 0 Å². The Bertz CT molecular complexity index is 392. The lowest BCUT2D eigenvalue weighted by Gasteiger charge is -2.19. The molecule has 0 fully saturated rings. The van der Waals surface area contributed by atoms with Crippen molar-refractivity contribution in [2.24, 2.45) is 5.73 Å². The summed E-state index contributed by atoms with van der Waals surface area (Å²) in [6.45, 7) is 3.68. The molecule has 0 bridgehead atoms. The van der Waals surface area contributed by atoms with Crippen LogP contribution in [0.25, 0.3) is 0 Å². The number of hydrogen-bond donors (Lipinski definition) is 1. The first-order valence-corrected chi connectivity index (χ1v) is 6.76. The van der Waals surface area contributed by atoms with Crippen molar-refractivity contribution in [2.45, 2.75) is 0 Å². The Kier molecular flexibility index (Phi) is 6.77. The van der Waals surface area contributed by atoms with Crippen LogP contribution in [0.5, 0.6) is 5.75 Å². The molecule has 19 heavy (non-hydrogen) atoms. The van der Waals surface area contributed by atoms with Crippen molar-refractivity contribution < 1.29 is 4.74 Å². The fourth-order valence-electron chi connectivity index (χ4n) is 1.52. The first-order chi connectivity index (χ1) is 8.99. The van der Waals surface area contributed by atoms with Gasteiger partial charge in [-0.05, 0) is 45.4 Å². The van der Waals surface area contributed by atoms with E-state index < -0.39 is 0 Å². The maximum atomic E-state index is 5.68. The number of likely N-dealkylation sites (N-methyl/N-ethyl adjacent to an activating group) is 2. The number of ether oxygens (including phenoxy) is 1. The Morgan fingerprint density at radius 3 is 2.26 bits per heavy atom. The highest BCUT2D eigenvalue weighted by Gasteiger charge is 2.01. The van der Waals surface area contributed by atoms with Crippen molar-refractivity contribution in [3.05, 3.63) is 29.8 Å². The third kappa shape index (κ3) is 6.52. The molecule has 0 amide bonds. The fourth-order valence-corrected chi connectivity index (χ4v) is 1.65. The molecule has 0 aliphatic carbocycles. The topological polar surface area (TPSA) is 41.7 Å². The second-order valence-corrected chi connectivity index (χ2v) is 5.28. The van der Waals surface area contributed by atoms with E-state index in [1.165, 1.54) is 0 Å². The summed E-state index contributed by atoms with van der Waals surface area (Å²) in [6.07, 6.45) is 0. The van der Waals surface area contributed by atoms with Crippen LogP contribution in [-0.2, 0) is 0 Å². The number of rotatable bonds is 8. The molecule has 0 radical (unpaired) electrons. The molecule has 0 saturated heterocycles. The minimum absolute atomic E-state index is 0.412. The predicted octanol–water partition coefficient (Wildman–Crippen LogP) is 1.19. The number of thiocarbonyl (C=S) groups is 1. The number of hydrogen-bond acceptors (Lipinski definition) is 4. The van der Waals surface area contributed by atoms with E-state index in [4.69, 9.17) is 22.7 Å². The molecule has 1 aromatic carbocycles. The van der Waals surface area contributed by atoms with Crippen molar-refractivity contribution in [1.29, 1.82) is 0 Å². The van der Waals surface area contributed by atoms with Gasteiger partial charge in [-0.2, -0.15) is 0 Å². The van der Waals surface area contributed by atoms with Gasteiger partial charge in [-0.15, -0.1) is 0 Å². The summed E-state index contributed by atoms with van der Waals surface area (Å²) in [5, 5.41) is 0. The quantitative estimate of drug-likeness (QED) is 0.725. The molecule has 1 aromatic rings. The molecule has 0 aromatic heterocycles. The summed E-state index contributed by atoms with van der Waals surface area (Å²) in [5.74, 6) is 0.848. The molecular weight excluding hydrogens is 258 g/mol. The predicted molar refractivity (Wildman–Crippen MR) is 83.9 cm³/mol. The molecule has 106 valence electrons. The lowest BCUT2D eigenvalue weighted by Crippen LogP contribution is -2.31. The summed E-state index contributed by atoms with van der Waals surface area (Å²) in [5.41, 5.74) is 6.41. The lowest BCUT2D eigenvalue weighted by atomic mass is 10.2. The Balaban J connectivity index is 2.27. The average Bonchev–Trinajstić information content (AvgIpc) is 2.37. The van der Waals surface area contributed by atoms with Crippen molar-refractivity contribution in [3.63, 3.8) is 0 Å². The molecule has 2 N–H and O–H groups in total. The van der Waals surface area contributed by atoms with E-state index >= 15 is 0 Å². The maximum Gasteiger partial charge on any atom is 0.119 e. The van der Waals surface area contributed by atoms with Crippen LogP contribution in [0.2, 0.25) is 0 Å². The molecule has 4 nitrogen and oxygen atoms in total. The van der Waals surface area contributed by atoms with Gasteiger partial charge < -0.3 is 20.3 Å². The normalized spacial score (nSPS) is 11.0. The number of nitrogens with zero attached hydrogens (tertiary/aromatic N) is 2. The zero-order valence-corrected chi connectivity index (χ0v) is 12.7. The molecule has 0 saturated carbocycles. The molecule has 0 aliphatic heterocycles. The minimum atomic E-state index is 0.412. The third-order valence-electron chi connectivity index (χ3n) is 2.81. The van der Waals surface area contributed by atoms with E-state index in [2.05, 4.69) is 30.9 Å². The highest BCUT2D eigenvalue weighted by atomic mass is 32.1. The Hall–Kier alpha value is -1.17. The summed E-state index contributed by atoms with van der Waals surface area (Å²) in [7, 11) is 6.25. The van der Waals surface area contributed by atoms with Crippen LogP contribution in [0.1, 0.15) is 5.56 Å². The van der Waals surface area contributed by atoms with Gasteiger partial charge in [0, 0.05) is 25.2 Å². The third-order valence-corrected chi connectivity index (χ3v) is 3.05. The maximum absolute atomic E-state index is 5.68. The summed E-state index contributed by atoms with van der Waals surface area (Å²) in [4.78, 5) is 4.84. The van der Waals surface area contributed by atoms with Crippen LogP contribution in [0, 0.1) is 0 Å². The zero-order chi connectivity index (χ0) is 14.3. The second kappa shape index (κ2) is 8.09. The highest BCUT2D eigenvalue weighted by Crippen LogP contribution is 2.11. The molecule has 0 heterocycles. The first kappa shape index (κ1) is 15.9. The molecule has 0 spiro atoms. The van der Waals surface area contributed by atoms with E-state index in [9.17, 15) is 0 Å². The number of nitrogens with two attached hydrogens (primary N) is 1. The van der Waals surface area contributed by atoms with Crippen LogP contribution < -0.4 is 10.5 Å². The molecular formula is C14H23N3OS.